The molecule has 2 N–H and O–H groups in total. The van der Waals surface area contributed by atoms with Crippen LogP contribution in [0.1, 0.15) is 40.0 Å². The van der Waals surface area contributed by atoms with Gasteiger partial charge in [0.1, 0.15) is 6.04 Å². The summed E-state index contributed by atoms with van der Waals surface area (Å²) in [5, 5.41) is 17.8. The van der Waals surface area contributed by atoms with Crippen molar-refractivity contribution in [3.05, 3.63) is 0 Å². The predicted molar refractivity (Wildman–Crippen MR) is 75.0 cm³/mol. The average Bonchev–Trinajstić information content (AvgIpc) is 2.39. The molecule has 7 nitrogen and oxygen atoms in total. The number of carboxylic acid groups (broad SMARTS) is 1. The number of carbonyl (C=O) groups is 1. The van der Waals surface area contributed by atoms with Crippen molar-refractivity contribution in [2.45, 2.75) is 46.1 Å². The molecule has 0 saturated carbocycles. The largest absolute Gasteiger partial charge is 0.480 e. The summed E-state index contributed by atoms with van der Waals surface area (Å²) in [5.74, 6) is -1.64. The quantitative estimate of drug-likeness (QED) is 0.624. The Hall–Kier alpha value is -1.17. The molecular formula is C12H23N3O4S. The van der Waals surface area contributed by atoms with Crippen LogP contribution in [-0.2, 0) is 15.0 Å². The molecule has 0 rings (SSSR count). The van der Waals surface area contributed by atoms with Crippen LogP contribution < -0.4 is 4.72 Å². The van der Waals surface area contributed by atoms with Gasteiger partial charge in [-0.3, -0.25) is 4.79 Å². The summed E-state index contributed by atoms with van der Waals surface area (Å²) in [6.45, 7) is 5.39. The number of nitrogens with one attached hydrogen (secondary N) is 1. The van der Waals surface area contributed by atoms with Gasteiger partial charge in [-0.15, -0.1) is 0 Å². The van der Waals surface area contributed by atoms with E-state index in [2.05, 4.69) is 4.72 Å². The van der Waals surface area contributed by atoms with Crippen molar-refractivity contribution in [1.82, 2.24) is 9.03 Å². The highest BCUT2D eigenvalue weighted by atomic mass is 32.2. The molecule has 0 radical (unpaired) electrons. The molecule has 0 aromatic carbocycles. The minimum atomic E-state index is -3.90. The van der Waals surface area contributed by atoms with E-state index in [1.807, 2.05) is 13.0 Å². The van der Waals surface area contributed by atoms with E-state index in [0.29, 0.717) is 6.42 Å². The lowest BCUT2D eigenvalue weighted by molar-refractivity contribution is -0.139. The molecule has 0 heterocycles. The molecule has 0 amide bonds. The molecule has 0 spiro atoms. The lowest BCUT2D eigenvalue weighted by Crippen LogP contribution is -2.49. The first kappa shape index (κ1) is 18.8. The Labute approximate surface area is 120 Å². The molecular weight excluding hydrogens is 282 g/mol. The number of hydrogen-bond acceptors (Lipinski definition) is 4. The average molecular weight is 305 g/mol. The van der Waals surface area contributed by atoms with Crippen LogP contribution in [0, 0.1) is 17.2 Å². The minimum Gasteiger partial charge on any atom is -0.480 e. The van der Waals surface area contributed by atoms with E-state index in [9.17, 15) is 13.2 Å². The van der Waals surface area contributed by atoms with Crippen LogP contribution in [0.3, 0.4) is 0 Å². The zero-order valence-corrected chi connectivity index (χ0v) is 13.0. The lowest BCUT2D eigenvalue weighted by Gasteiger charge is -2.24. The van der Waals surface area contributed by atoms with Crippen LogP contribution >= 0.6 is 0 Å². The van der Waals surface area contributed by atoms with E-state index in [1.165, 1.54) is 0 Å². The normalized spacial score (nSPS) is 14.8. The Morgan fingerprint density at radius 2 is 2.05 bits per heavy atom. The van der Waals surface area contributed by atoms with Gasteiger partial charge in [-0.25, -0.2) is 0 Å². The number of rotatable bonds is 10. The van der Waals surface area contributed by atoms with Gasteiger partial charge in [-0.2, -0.15) is 22.7 Å². The van der Waals surface area contributed by atoms with E-state index in [4.69, 9.17) is 10.4 Å². The molecule has 2 atom stereocenters. The van der Waals surface area contributed by atoms with Gasteiger partial charge in [0.2, 0.25) is 0 Å². The smallest absolute Gasteiger partial charge is 0.321 e. The summed E-state index contributed by atoms with van der Waals surface area (Å²) in [4.78, 5) is 11.1. The summed E-state index contributed by atoms with van der Waals surface area (Å²) >= 11 is 0. The Morgan fingerprint density at radius 1 is 1.45 bits per heavy atom. The van der Waals surface area contributed by atoms with Crippen molar-refractivity contribution < 1.29 is 18.3 Å². The third kappa shape index (κ3) is 6.32. The number of nitrogens with zero attached hydrogens (tertiary/aromatic N) is 2. The number of hydrogen-bond donors (Lipinski definition) is 2. The second kappa shape index (κ2) is 8.89. The van der Waals surface area contributed by atoms with E-state index in [0.717, 1.165) is 10.7 Å². The Morgan fingerprint density at radius 3 is 2.45 bits per heavy atom. The molecule has 0 aromatic heterocycles. The second-order valence-corrected chi connectivity index (χ2v) is 6.34. The molecule has 0 saturated heterocycles. The standard InChI is InChI=1S/C12H23N3O4S/c1-4-6-7-11(12(16)17)14-20(18,19)15(5-2)9-10(3)8-13/h10-11,14H,4-7,9H2,1-3H3,(H,16,17). The highest BCUT2D eigenvalue weighted by Gasteiger charge is 2.28. The summed E-state index contributed by atoms with van der Waals surface area (Å²) in [5.41, 5.74) is 0. The Kier molecular flexibility index (Phi) is 8.37. The molecule has 0 fully saturated rings. The predicted octanol–water partition coefficient (Wildman–Crippen LogP) is 0.946. The Bertz CT molecular complexity index is 444. The highest BCUT2D eigenvalue weighted by molar-refractivity contribution is 7.87. The molecule has 0 bridgehead atoms. The van der Waals surface area contributed by atoms with Gasteiger partial charge in [0.05, 0.1) is 12.0 Å². The summed E-state index contributed by atoms with van der Waals surface area (Å²) in [7, 11) is -3.90. The van der Waals surface area contributed by atoms with Crippen LogP contribution in [0.4, 0.5) is 0 Å². The summed E-state index contributed by atoms with van der Waals surface area (Å²) < 4.78 is 27.5. The van der Waals surface area contributed by atoms with Crippen LogP contribution in [0.25, 0.3) is 0 Å². The first-order chi connectivity index (χ1) is 9.28. The van der Waals surface area contributed by atoms with Gasteiger partial charge in [-0.05, 0) is 13.3 Å². The zero-order valence-electron chi connectivity index (χ0n) is 12.2. The molecule has 0 aliphatic heterocycles. The zero-order chi connectivity index (χ0) is 15.8. The SMILES string of the molecule is CCCCC(NS(=O)(=O)N(CC)CC(C)C#N)C(=O)O. The fourth-order valence-corrected chi connectivity index (χ4v) is 3.13. The first-order valence-corrected chi connectivity index (χ1v) is 8.12. The topological polar surface area (TPSA) is 111 Å². The number of nitriles is 1. The van der Waals surface area contributed by atoms with Crippen molar-refractivity contribution in [2.24, 2.45) is 5.92 Å². The molecule has 116 valence electrons. The fourth-order valence-electron chi connectivity index (χ4n) is 1.64. The van der Waals surface area contributed by atoms with Crippen LogP contribution in [0.2, 0.25) is 0 Å². The first-order valence-electron chi connectivity index (χ1n) is 6.68. The maximum Gasteiger partial charge on any atom is 0.321 e. The van der Waals surface area contributed by atoms with Gasteiger partial charge in [0.25, 0.3) is 10.2 Å². The number of carboxylic acids is 1. The van der Waals surface area contributed by atoms with Gasteiger partial charge in [0, 0.05) is 13.1 Å². The molecule has 2 unspecified atom stereocenters. The van der Waals surface area contributed by atoms with Crippen LogP contribution in [0.5, 0.6) is 0 Å². The van der Waals surface area contributed by atoms with Crippen molar-refractivity contribution in [3.8, 4) is 6.07 Å². The van der Waals surface area contributed by atoms with Crippen LogP contribution in [0.15, 0.2) is 0 Å². The Balaban J connectivity index is 4.90. The van der Waals surface area contributed by atoms with E-state index >= 15 is 0 Å². The van der Waals surface area contributed by atoms with E-state index in [1.54, 1.807) is 13.8 Å². The molecule has 0 aliphatic rings. The second-order valence-electron chi connectivity index (χ2n) is 4.64. The van der Waals surface area contributed by atoms with Gasteiger partial charge < -0.3 is 5.11 Å². The maximum atomic E-state index is 12.1. The highest BCUT2D eigenvalue weighted by Crippen LogP contribution is 2.08. The van der Waals surface area contributed by atoms with E-state index in [-0.39, 0.29) is 19.5 Å². The van der Waals surface area contributed by atoms with Gasteiger partial charge >= 0.3 is 5.97 Å². The monoisotopic (exact) mass is 305 g/mol. The third-order valence-corrected chi connectivity index (χ3v) is 4.50. The van der Waals surface area contributed by atoms with Gasteiger partial charge in [0.15, 0.2) is 0 Å². The van der Waals surface area contributed by atoms with E-state index < -0.39 is 28.1 Å². The van der Waals surface area contributed by atoms with Crippen molar-refractivity contribution in [3.63, 3.8) is 0 Å². The fraction of sp³-hybridized carbons (Fsp3) is 0.833. The number of unbranched alkanes of at least 4 members (excludes halogenated alkanes) is 1. The lowest BCUT2D eigenvalue weighted by atomic mass is 10.1. The minimum absolute atomic E-state index is 0.0441. The number of aliphatic carboxylic acids is 1. The van der Waals surface area contributed by atoms with Crippen LogP contribution in [-0.4, -0.2) is 42.9 Å². The molecule has 20 heavy (non-hydrogen) atoms. The summed E-state index contributed by atoms with van der Waals surface area (Å²) in [6, 6.07) is 0.829. The van der Waals surface area contributed by atoms with Crippen molar-refractivity contribution in [2.75, 3.05) is 13.1 Å². The summed E-state index contributed by atoms with van der Waals surface area (Å²) in [6.07, 6.45) is 1.66. The maximum absolute atomic E-state index is 12.1. The van der Waals surface area contributed by atoms with Crippen molar-refractivity contribution in [1.29, 1.82) is 5.26 Å². The van der Waals surface area contributed by atoms with Gasteiger partial charge in [-0.1, -0.05) is 26.7 Å². The molecule has 0 aromatic rings. The van der Waals surface area contributed by atoms with Crippen molar-refractivity contribution >= 4 is 16.2 Å². The third-order valence-electron chi connectivity index (χ3n) is 2.83. The molecule has 0 aliphatic carbocycles. The molecule has 8 heteroatoms.